The van der Waals surface area contributed by atoms with Crippen molar-refractivity contribution in [3.8, 4) is 0 Å². The van der Waals surface area contributed by atoms with Crippen LogP contribution in [0.3, 0.4) is 0 Å². The van der Waals surface area contributed by atoms with Crippen molar-refractivity contribution >= 4 is 28.8 Å². The Labute approximate surface area is 124 Å². The molecule has 0 aliphatic heterocycles. The van der Waals surface area contributed by atoms with Crippen LogP contribution >= 0.6 is 11.8 Å². The number of rotatable bonds is 5. The minimum atomic E-state index is -0.713. The van der Waals surface area contributed by atoms with Crippen molar-refractivity contribution in [2.75, 3.05) is 5.73 Å². The van der Waals surface area contributed by atoms with Gasteiger partial charge in [-0.05, 0) is 5.56 Å². The summed E-state index contributed by atoms with van der Waals surface area (Å²) >= 11 is 1.28. The lowest BCUT2D eigenvalue weighted by molar-refractivity contribution is -0.392. The number of nitrogens with two attached hydrogens (primary N) is 1. The largest absolute Gasteiger partial charge is 0.387 e. The highest BCUT2D eigenvalue weighted by Crippen LogP contribution is 2.37. The van der Waals surface area contributed by atoms with E-state index in [1.165, 1.54) is 23.9 Å². The zero-order valence-corrected chi connectivity index (χ0v) is 11.6. The van der Waals surface area contributed by atoms with Crippen molar-refractivity contribution in [1.29, 1.82) is 0 Å². The number of nitro groups is 2. The van der Waals surface area contributed by atoms with Crippen molar-refractivity contribution < 1.29 is 9.85 Å². The Balaban J connectivity index is 2.31. The van der Waals surface area contributed by atoms with Crippen LogP contribution in [0.15, 0.2) is 47.4 Å². The second-order valence-electron chi connectivity index (χ2n) is 4.16. The predicted octanol–water partition coefficient (Wildman–Crippen LogP) is 3.38. The van der Waals surface area contributed by atoms with E-state index in [1.807, 2.05) is 30.3 Å². The fraction of sp³-hybridized carbons (Fsp3) is 0.0769. The van der Waals surface area contributed by atoms with E-state index < -0.39 is 26.9 Å². The average Bonchev–Trinajstić information content (AvgIpc) is 2.46. The molecule has 7 nitrogen and oxygen atoms in total. The molecule has 0 saturated carbocycles. The molecular weight excluding hydrogens is 294 g/mol. The van der Waals surface area contributed by atoms with Gasteiger partial charge in [0, 0.05) is 22.8 Å². The predicted molar refractivity (Wildman–Crippen MR) is 80.2 cm³/mol. The number of benzene rings is 2. The van der Waals surface area contributed by atoms with Gasteiger partial charge >= 0.3 is 0 Å². The zero-order valence-electron chi connectivity index (χ0n) is 10.8. The first kappa shape index (κ1) is 14.8. The van der Waals surface area contributed by atoms with Gasteiger partial charge in [-0.3, -0.25) is 20.2 Å². The third-order valence-electron chi connectivity index (χ3n) is 2.75. The number of nitrogens with zero attached hydrogens (tertiary/aromatic N) is 2. The van der Waals surface area contributed by atoms with Crippen molar-refractivity contribution in [3.63, 3.8) is 0 Å². The molecule has 0 aliphatic rings. The van der Waals surface area contributed by atoms with Gasteiger partial charge in [0.15, 0.2) is 5.69 Å². The van der Waals surface area contributed by atoms with Crippen molar-refractivity contribution in [2.45, 2.75) is 10.6 Å². The number of hydrogen-bond donors (Lipinski definition) is 1. The van der Waals surface area contributed by atoms with Crippen LogP contribution in [0.25, 0.3) is 0 Å². The van der Waals surface area contributed by atoms with E-state index in [9.17, 15) is 20.2 Å². The molecule has 0 aliphatic carbocycles. The van der Waals surface area contributed by atoms with E-state index in [-0.39, 0.29) is 0 Å². The summed E-state index contributed by atoms with van der Waals surface area (Å²) in [6, 6.07) is 12.0. The lowest BCUT2D eigenvalue weighted by atomic mass is 10.2. The maximum atomic E-state index is 10.9. The fourth-order valence-electron chi connectivity index (χ4n) is 1.72. The minimum absolute atomic E-state index is 0.422. The maximum absolute atomic E-state index is 10.9. The lowest BCUT2D eigenvalue weighted by Gasteiger charge is -2.04. The number of nitro benzene ring substituents is 2. The van der Waals surface area contributed by atoms with Crippen LogP contribution in [-0.4, -0.2) is 9.85 Å². The van der Waals surface area contributed by atoms with Gasteiger partial charge in [0.1, 0.15) is 0 Å². The van der Waals surface area contributed by atoms with Crippen LogP contribution < -0.4 is 5.73 Å². The Kier molecular flexibility index (Phi) is 4.39. The summed E-state index contributed by atoms with van der Waals surface area (Å²) < 4.78 is 0. The Bertz CT molecular complexity index is 656. The second kappa shape index (κ2) is 6.23. The Morgan fingerprint density at radius 3 is 2.00 bits per heavy atom. The molecule has 0 radical (unpaired) electrons. The van der Waals surface area contributed by atoms with Gasteiger partial charge in [-0.25, -0.2) is 0 Å². The lowest BCUT2D eigenvalue weighted by Crippen LogP contribution is -2.01. The molecule has 0 heterocycles. The second-order valence-corrected chi connectivity index (χ2v) is 5.21. The number of nitrogen functional groups attached to an aromatic ring is 1. The SMILES string of the molecule is Nc1c([N+](=O)[O-])cc(SCc2ccccc2)cc1[N+](=O)[O-]. The molecule has 8 heteroatoms. The van der Waals surface area contributed by atoms with Crippen LogP contribution in [0.5, 0.6) is 0 Å². The summed E-state index contributed by atoms with van der Waals surface area (Å²) in [6.07, 6.45) is 0. The molecular formula is C13H11N3O4S. The van der Waals surface area contributed by atoms with Gasteiger partial charge in [-0.1, -0.05) is 30.3 Å². The summed E-state index contributed by atoms with van der Waals surface area (Å²) in [7, 11) is 0. The van der Waals surface area contributed by atoms with E-state index in [1.54, 1.807) is 0 Å². The van der Waals surface area contributed by atoms with Crippen molar-refractivity contribution in [3.05, 3.63) is 68.3 Å². The van der Waals surface area contributed by atoms with Gasteiger partial charge in [0.2, 0.25) is 0 Å². The zero-order chi connectivity index (χ0) is 15.4. The first-order valence-corrected chi connectivity index (χ1v) is 6.86. The molecule has 0 atom stereocenters. The van der Waals surface area contributed by atoms with Crippen LogP contribution in [0.4, 0.5) is 17.1 Å². The first-order valence-electron chi connectivity index (χ1n) is 5.88. The van der Waals surface area contributed by atoms with Gasteiger partial charge in [0.05, 0.1) is 9.85 Å². The Hall–Kier alpha value is -2.61. The molecule has 0 saturated heterocycles. The van der Waals surface area contributed by atoms with Crippen molar-refractivity contribution in [2.24, 2.45) is 0 Å². The molecule has 0 unspecified atom stereocenters. The first-order chi connectivity index (χ1) is 9.99. The summed E-state index contributed by atoms with van der Waals surface area (Å²) in [4.78, 5) is 20.8. The molecule has 0 spiro atoms. The van der Waals surface area contributed by atoms with Crippen molar-refractivity contribution in [1.82, 2.24) is 0 Å². The third-order valence-corrected chi connectivity index (χ3v) is 3.80. The van der Waals surface area contributed by atoms with Crippen LogP contribution in [0, 0.1) is 20.2 Å². The molecule has 0 aromatic heterocycles. The molecule has 108 valence electrons. The molecule has 0 fully saturated rings. The highest BCUT2D eigenvalue weighted by Gasteiger charge is 2.24. The molecule has 0 bridgehead atoms. The third kappa shape index (κ3) is 3.48. The van der Waals surface area contributed by atoms with Crippen LogP contribution in [0.1, 0.15) is 5.56 Å². The van der Waals surface area contributed by atoms with E-state index in [0.717, 1.165) is 5.56 Å². The standard InChI is InChI=1S/C13H11N3O4S/c14-13-11(15(17)18)6-10(7-12(13)16(19)20)21-8-9-4-2-1-3-5-9/h1-7H,8,14H2. The normalized spacial score (nSPS) is 10.3. The Morgan fingerprint density at radius 1 is 1.00 bits per heavy atom. The summed E-state index contributed by atoms with van der Waals surface area (Å²) in [5.74, 6) is 0.555. The number of thioether (sulfide) groups is 1. The topological polar surface area (TPSA) is 112 Å². The monoisotopic (exact) mass is 305 g/mol. The molecule has 2 rings (SSSR count). The van der Waals surface area contributed by atoms with Crippen LogP contribution in [0.2, 0.25) is 0 Å². The molecule has 2 aromatic carbocycles. The van der Waals surface area contributed by atoms with Gasteiger partial charge in [-0.2, -0.15) is 0 Å². The maximum Gasteiger partial charge on any atom is 0.300 e. The average molecular weight is 305 g/mol. The molecule has 21 heavy (non-hydrogen) atoms. The van der Waals surface area contributed by atoms with Gasteiger partial charge < -0.3 is 5.73 Å². The quantitative estimate of drug-likeness (QED) is 0.392. The van der Waals surface area contributed by atoms with E-state index >= 15 is 0 Å². The number of anilines is 1. The van der Waals surface area contributed by atoms with E-state index in [0.29, 0.717) is 10.6 Å². The molecule has 0 amide bonds. The highest BCUT2D eigenvalue weighted by molar-refractivity contribution is 7.98. The Morgan fingerprint density at radius 2 is 1.52 bits per heavy atom. The van der Waals surface area contributed by atoms with Crippen LogP contribution in [-0.2, 0) is 5.75 Å². The van der Waals surface area contributed by atoms with E-state index in [4.69, 9.17) is 5.73 Å². The smallest absolute Gasteiger partial charge is 0.300 e. The van der Waals surface area contributed by atoms with Gasteiger partial charge in [0.25, 0.3) is 11.4 Å². The van der Waals surface area contributed by atoms with E-state index in [2.05, 4.69) is 0 Å². The summed E-state index contributed by atoms with van der Waals surface area (Å²) in [5, 5.41) is 21.8. The summed E-state index contributed by atoms with van der Waals surface area (Å²) in [5.41, 5.74) is 5.18. The highest BCUT2D eigenvalue weighted by atomic mass is 32.2. The summed E-state index contributed by atoms with van der Waals surface area (Å²) in [6.45, 7) is 0. The molecule has 2 aromatic rings. The van der Waals surface area contributed by atoms with Gasteiger partial charge in [-0.15, -0.1) is 11.8 Å². The minimum Gasteiger partial charge on any atom is -0.387 e. The fourth-order valence-corrected chi connectivity index (χ4v) is 2.64. The molecule has 2 N–H and O–H groups in total. The number of hydrogen-bond acceptors (Lipinski definition) is 6.